The van der Waals surface area contributed by atoms with E-state index in [2.05, 4.69) is 9.97 Å². The molecule has 1 aromatic carbocycles. The summed E-state index contributed by atoms with van der Waals surface area (Å²) in [7, 11) is 0. The highest BCUT2D eigenvalue weighted by molar-refractivity contribution is 5.77. The zero-order valence-electron chi connectivity index (χ0n) is 16.5. The summed E-state index contributed by atoms with van der Waals surface area (Å²) >= 11 is 0. The Balaban J connectivity index is 1.66. The maximum absolute atomic E-state index is 13.4. The van der Waals surface area contributed by atoms with E-state index < -0.39 is 24.3 Å². The minimum atomic E-state index is -4.59. The van der Waals surface area contributed by atoms with Gasteiger partial charge in [-0.1, -0.05) is 12.1 Å². The van der Waals surface area contributed by atoms with Crippen LogP contribution in [-0.4, -0.2) is 31.8 Å². The molecule has 0 radical (unpaired) electrons. The van der Waals surface area contributed by atoms with Gasteiger partial charge in [0.05, 0.1) is 16.9 Å². The zero-order valence-corrected chi connectivity index (χ0v) is 16.5. The summed E-state index contributed by atoms with van der Waals surface area (Å²) in [6.07, 6.45) is 1.56. The fourth-order valence-electron chi connectivity index (χ4n) is 4.31. The Morgan fingerprint density at radius 1 is 1.06 bits per heavy atom. The van der Waals surface area contributed by atoms with Crippen molar-refractivity contribution in [2.75, 3.05) is 11.4 Å². The third-order valence-electron chi connectivity index (χ3n) is 5.84. The predicted molar refractivity (Wildman–Crippen MR) is 108 cm³/mol. The van der Waals surface area contributed by atoms with Crippen LogP contribution in [0.5, 0.6) is 0 Å². The topological polar surface area (TPSA) is 73.0 Å². The van der Waals surface area contributed by atoms with Crippen molar-refractivity contribution in [3.05, 3.63) is 63.2 Å². The largest absolute Gasteiger partial charge is 0.406 e. The van der Waals surface area contributed by atoms with Gasteiger partial charge in [0, 0.05) is 25.0 Å². The molecule has 0 amide bonds. The zero-order chi connectivity index (χ0) is 21.8. The first-order valence-corrected chi connectivity index (χ1v) is 10.2. The summed E-state index contributed by atoms with van der Waals surface area (Å²) in [5, 5.41) is 0.133. The molecule has 5 rings (SSSR count). The molecule has 31 heavy (non-hydrogen) atoms. The number of hydrogen-bond donors (Lipinski definition) is 0. The molecular weight excluding hydrogens is 411 g/mol. The number of rotatable bonds is 4. The van der Waals surface area contributed by atoms with Gasteiger partial charge < -0.3 is 9.47 Å². The lowest BCUT2D eigenvalue weighted by Crippen LogP contribution is -2.38. The second-order valence-corrected chi connectivity index (χ2v) is 8.04. The van der Waals surface area contributed by atoms with Gasteiger partial charge in [-0.25, -0.2) is 9.97 Å². The number of fused-ring (bicyclic) bond motifs is 1. The first-order valence-electron chi connectivity index (χ1n) is 10.2. The van der Waals surface area contributed by atoms with Crippen LogP contribution in [-0.2, 0) is 6.54 Å². The van der Waals surface area contributed by atoms with E-state index >= 15 is 0 Å². The van der Waals surface area contributed by atoms with Crippen LogP contribution in [0.3, 0.4) is 0 Å². The number of hydrogen-bond acceptors (Lipinski definition) is 5. The average molecular weight is 431 g/mol. The standard InChI is InChI=1S/C21H20F3N5O2/c22-21(23,24)12-29-17(26-15-5-2-1-4-14(15)19(29)30)16-6-3-10-28(16)18-20(31)27(11-9-25-18)13-7-8-13/h1-2,4-5,9,11,13,16H,3,6-8,10,12H2. The number of alkyl halides is 3. The molecule has 1 saturated heterocycles. The summed E-state index contributed by atoms with van der Waals surface area (Å²) in [4.78, 5) is 36.4. The van der Waals surface area contributed by atoms with Crippen molar-refractivity contribution in [1.82, 2.24) is 19.1 Å². The molecule has 7 nitrogen and oxygen atoms in total. The monoisotopic (exact) mass is 431 g/mol. The van der Waals surface area contributed by atoms with E-state index in [1.54, 1.807) is 40.1 Å². The fourth-order valence-corrected chi connectivity index (χ4v) is 4.31. The number of anilines is 1. The SMILES string of the molecule is O=c1c(N2CCCC2c2nc3ccccc3c(=O)n2CC(F)(F)F)nccn1C1CC1. The smallest absolute Gasteiger partial charge is 0.342 e. The lowest BCUT2D eigenvalue weighted by atomic mass is 10.1. The number of benzene rings is 1. The normalized spacial score (nSPS) is 19.3. The van der Waals surface area contributed by atoms with Crippen LogP contribution in [0, 0.1) is 0 Å². The lowest BCUT2D eigenvalue weighted by Gasteiger charge is -2.27. The van der Waals surface area contributed by atoms with E-state index in [1.807, 2.05) is 0 Å². The molecule has 1 saturated carbocycles. The van der Waals surface area contributed by atoms with Crippen molar-refractivity contribution in [3.63, 3.8) is 0 Å². The maximum Gasteiger partial charge on any atom is 0.406 e. The van der Waals surface area contributed by atoms with Gasteiger partial charge in [-0.15, -0.1) is 0 Å². The molecule has 3 heterocycles. The van der Waals surface area contributed by atoms with E-state index in [1.165, 1.54) is 6.07 Å². The fraction of sp³-hybridized carbons (Fsp3) is 0.429. The molecule has 2 aliphatic rings. The lowest BCUT2D eigenvalue weighted by molar-refractivity contribution is -0.141. The third kappa shape index (κ3) is 3.60. The Labute approximate surface area is 174 Å². The number of para-hydroxylation sites is 1. The summed E-state index contributed by atoms with van der Waals surface area (Å²) in [6.45, 7) is -0.978. The van der Waals surface area contributed by atoms with Gasteiger partial charge in [-0.3, -0.25) is 14.2 Å². The predicted octanol–water partition coefficient (Wildman–Crippen LogP) is 3.19. The maximum atomic E-state index is 13.4. The molecule has 162 valence electrons. The summed E-state index contributed by atoms with van der Waals surface area (Å²) in [5.41, 5.74) is -0.659. The second kappa shape index (κ2) is 7.21. The number of halogens is 3. The molecule has 1 aliphatic heterocycles. The van der Waals surface area contributed by atoms with Gasteiger partial charge >= 0.3 is 6.18 Å². The Kier molecular flexibility index (Phi) is 4.60. The van der Waals surface area contributed by atoms with E-state index in [9.17, 15) is 22.8 Å². The number of nitrogens with zero attached hydrogens (tertiary/aromatic N) is 5. The second-order valence-electron chi connectivity index (χ2n) is 8.04. The minimum absolute atomic E-state index is 0.0153. The highest BCUT2D eigenvalue weighted by Crippen LogP contribution is 2.36. The van der Waals surface area contributed by atoms with Gasteiger partial charge in [-0.05, 0) is 37.8 Å². The van der Waals surface area contributed by atoms with Gasteiger partial charge in [-0.2, -0.15) is 13.2 Å². The average Bonchev–Trinajstić information content (AvgIpc) is 3.46. The molecule has 2 fully saturated rings. The molecule has 0 spiro atoms. The van der Waals surface area contributed by atoms with Gasteiger partial charge in [0.25, 0.3) is 11.1 Å². The first-order chi connectivity index (χ1) is 14.8. The van der Waals surface area contributed by atoms with Crippen molar-refractivity contribution >= 4 is 16.7 Å². The molecule has 1 aliphatic carbocycles. The van der Waals surface area contributed by atoms with Crippen molar-refractivity contribution in [2.24, 2.45) is 0 Å². The van der Waals surface area contributed by atoms with Crippen LogP contribution in [0.2, 0.25) is 0 Å². The van der Waals surface area contributed by atoms with E-state index in [-0.39, 0.29) is 28.6 Å². The van der Waals surface area contributed by atoms with Crippen molar-refractivity contribution < 1.29 is 13.2 Å². The summed E-state index contributed by atoms with van der Waals surface area (Å²) in [6, 6.07) is 5.87. The van der Waals surface area contributed by atoms with E-state index in [0.29, 0.717) is 29.5 Å². The Bertz CT molecular complexity index is 1260. The first kappa shape index (κ1) is 19.8. The van der Waals surface area contributed by atoms with Crippen LogP contribution >= 0.6 is 0 Å². The van der Waals surface area contributed by atoms with Gasteiger partial charge in [0.15, 0.2) is 5.82 Å². The molecule has 3 aromatic rings. The Morgan fingerprint density at radius 3 is 2.58 bits per heavy atom. The van der Waals surface area contributed by atoms with E-state index in [4.69, 9.17) is 0 Å². The molecule has 0 bridgehead atoms. The highest BCUT2D eigenvalue weighted by atomic mass is 19.4. The van der Waals surface area contributed by atoms with Crippen LogP contribution in [0.15, 0.2) is 46.2 Å². The molecule has 1 unspecified atom stereocenters. The van der Waals surface area contributed by atoms with Crippen LogP contribution in [0.1, 0.15) is 43.6 Å². The summed E-state index contributed by atoms with van der Waals surface area (Å²) in [5.74, 6) is 0.208. The number of aromatic nitrogens is 4. The quantitative estimate of drug-likeness (QED) is 0.635. The Morgan fingerprint density at radius 2 is 1.84 bits per heavy atom. The summed E-state index contributed by atoms with van der Waals surface area (Å²) < 4.78 is 42.4. The van der Waals surface area contributed by atoms with Crippen molar-refractivity contribution in [2.45, 2.75) is 50.5 Å². The van der Waals surface area contributed by atoms with Gasteiger partial charge in [0.1, 0.15) is 12.4 Å². The van der Waals surface area contributed by atoms with E-state index in [0.717, 1.165) is 12.8 Å². The minimum Gasteiger partial charge on any atom is -0.342 e. The van der Waals surface area contributed by atoms with Crippen LogP contribution in [0.25, 0.3) is 10.9 Å². The molecular formula is C21H20F3N5O2. The molecule has 1 atom stereocenters. The Hall–Kier alpha value is -3.17. The molecule has 2 aromatic heterocycles. The third-order valence-corrected chi connectivity index (χ3v) is 5.84. The van der Waals surface area contributed by atoms with Crippen LogP contribution in [0.4, 0.5) is 19.0 Å². The van der Waals surface area contributed by atoms with Crippen molar-refractivity contribution in [1.29, 1.82) is 0 Å². The molecule has 10 heteroatoms. The molecule has 0 N–H and O–H groups in total. The van der Waals surface area contributed by atoms with Crippen molar-refractivity contribution in [3.8, 4) is 0 Å². The highest BCUT2D eigenvalue weighted by Gasteiger charge is 2.37. The van der Waals surface area contributed by atoms with Crippen LogP contribution < -0.4 is 16.0 Å². The van der Waals surface area contributed by atoms with Gasteiger partial charge in [0.2, 0.25) is 0 Å².